The Morgan fingerprint density at radius 1 is 1.58 bits per heavy atom. The highest BCUT2D eigenvalue weighted by Gasteiger charge is 2.08. The van der Waals surface area contributed by atoms with E-state index < -0.39 is 5.82 Å². The molecule has 0 aliphatic rings. The topological polar surface area (TPSA) is 17.1 Å². The maximum Gasteiger partial charge on any atom is 0.153 e. The van der Waals surface area contributed by atoms with Crippen LogP contribution in [0, 0.1) is 5.82 Å². The maximum absolute atomic E-state index is 13.1. The molecule has 1 nitrogen and oxygen atoms in total. The number of rotatable bonds is 2. The minimum atomic E-state index is -0.619. The van der Waals surface area contributed by atoms with Gasteiger partial charge in [0.1, 0.15) is 0 Å². The van der Waals surface area contributed by atoms with Gasteiger partial charge in [0.25, 0.3) is 0 Å². The van der Waals surface area contributed by atoms with Crippen LogP contribution in [0.2, 0.25) is 5.02 Å². The van der Waals surface area contributed by atoms with Crippen LogP contribution in [0.5, 0.6) is 0 Å². The molecule has 1 rings (SSSR count). The fraction of sp³-hybridized carbons (Fsp3) is 0.222. The third-order valence-corrected chi connectivity index (χ3v) is 2.11. The minimum absolute atomic E-state index is 0.0113. The number of aryl methyl sites for hydroxylation is 1. The van der Waals surface area contributed by atoms with Gasteiger partial charge in [-0.25, -0.2) is 4.39 Å². The highest BCUT2D eigenvalue weighted by atomic mass is 35.5. The second-order valence-corrected chi connectivity index (χ2v) is 2.79. The van der Waals surface area contributed by atoms with Crippen LogP contribution in [0.15, 0.2) is 12.1 Å². The molecule has 12 heavy (non-hydrogen) atoms. The molecule has 0 aliphatic carbocycles. The summed E-state index contributed by atoms with van der Waals surface area (Å²) >= 11 is 5.64. The maximum atomic E-state index is 13.1. The number of carbonyl (C=O) groups excluding carboxylic acids is 1. The van der Waals surface area contributed by atoms with Crippen molar-refractivity contribution in [2.24, 2.45) is 0 Å². The first-order valence-electron chi connectivity index (χ1n) is 3.62. The molecule has 1 aromatic rings. The van der Waals surface area contributed by atoms with Crippen molar-refractivity contribution in [1.82, 2.24) is 0 Å². The van der Waals surface area contributed by atoms with E-state index >= 15 is 0 Å². The largest absolute Gasteiger partial charge is 0.298 e. The van der Waals surface area contributed by atoms with Crippen molar-refractivity contribution in [3.8, 4) is 0 Å². The van der Waals surface area contributed by atoms with E-state index in [0.717, 1.165) is 5.56 Å². The molecule has 0 saturated heterocycles. The molecule has 0 bridgehead atoms. The first kappa shape index (κ1) is 9.20. The van der Waals surface area contributed by atoms with Gasteiger partial charge in [0.05, 0.1) is 10.6 Å². The SMILES string of the molecule is CCc1ccc(C=O)c(F)c1Cl. The summed E-state index contributed by atoms with van der Waals surface area (Å²) in [7, 11) is 0. The quantitative estimate of drug-likeness (QED) is 0.650. The molecule has 0 radical (unpaired) electrons. The third kappa shape index (κ3) is 1.48. The molecule has 0 spiro atoms. The van der Waals surface area contributed by atoms with Gasteiger partial charge in [0, 0.05) is 0 Å². The van der Waals surface area contributed by atoms with Crippen molar-refractivity contribution < 1.29 is 9.18 Å². The van der Waals surface area contributed by atoms with Crippen LogP contribution in [-0.2, 0) is 6.42 Å². The summed E-state index contributed by atoms with van der Waals surface area (Å²) in [5, 5.41) is 0.0575. The number of benzene rings is 1. The number of halogens is 2. The number of hydrogen-bond acceptors (Lipinski definition) is 1. The molecule has 0 amide bonds. The number of carbonyl (C=O) groups is 1. The molecule has 3 heteroatoms. The van der Waals surface area contributed by atoms with E-state index in [0.29, 0.717) is 12.7 Å². The fourth-order valence-corrected chi connectivity index (χ4v) is 1.27. The van der Waals surface area contributed by atoms with Crippen molar-refractivity contribution in [3.63, 3.8) is 0 Å². The van der Waals surface area contributed by atoms with Crippen LogP contribution in [-0.4, -0.2) is 6.29 Å². The predicted octanol–water partition coefficient (Wildman–Crippen LogP) is 2.85. The lowest BCUT2D eigenvalue weighted by Gasteiger charge is -2.02. The normalized spacial score (nSPS) is 9.92. The summed E-state index contributed by atoms with van der Waals surface area (Å²) in [6.07, 6.45) is 1.12. The second-order valence-electron chi connectivity index (χ2n) is 2.41. The number of aldehydes is 1. The fourth-order valence-electron chi connectivity index (χ4n) is 0.968. The molecule has 0 aliphatic heterocycles. The zero-order valence-corrected chi connectivity index (χ0v) is 7.36. The van der Waals surface area contributed by atoms with E-state index in [1.165, 1.54) is 6.07 Å². The molecule has 0 unspecified atom stereocenters. The molecular formula is C9H8ClFO. The molecule has 0 heterocycles. The van der Waals surface area contributed by atoms with Crippen molar-refractivity contribution in [3.05, 3.63) is 34.1 Å². The number of hydrogen-bond donors (Lipinski definition) is 0. The highest BCUT2D eigenvalue weighted by molar-refractivity contribution is 6.31. The Bertz CT molecular complexity index is 310. The Hall–Kier alpha value is -0.890. The van der Waals surface area contributed by atoms with Gasteiger partial charge in [-0.1, -0.05) is 24.6 Å². The average Bonchev–Trinajstić information content (AvgIpc) is 2.10. The average molecular weight is 187 g/mol. The summed E-state index contributed by atoms with van der Waals surface area (Å²) in [5.74, 6) is -0.619. The van der Waals surface area contributed by atoms with E-state index in [1.54, 1.807) is 6.07 Å². The van der Waals surface area contributed by atoms with Crippen molar-refractivity contribution in [2.75, 3.05) is 0 Å². The lowest BCUT2D eigenvalue weighted by Crippen LogP contribution is -1.92. The lowest BCUT2D eigenvalue weighted by molar-refractivity contribution is 0.112. The Labute approximate surface area is 75.2 Å². The van der Waals surface area contributed by atoms with Crippen molar-refractivity contribution in [1.29, 1.82) is 0 Å². The molecule has 0 N–H and O–H groups in total. The van der Waals surface area contributed by atoms with Crippen LogP contribution in [0.3, 0.4) is 0 Å². The summed E-state index contributed by atoms with van der Waals surface area (Å²) in [6, 6.07) is 3.10. The summed E-state index contributed by atoms with van der Waals surface area (Å²) < 4.78 is 13.1. The summed E-state index contributed by atoms with van der Waals surface area (Å²) in [6.45, 7) is 1.88. The molecular weight excluding hydrogens is 179 g/mol. The van der Waals surface area contributed by atoms with Gasteiger partial charge < -0.3 is 0 Å². The van der Waals surface area contributed by atoms with Crippen LogP contribution in [0.1, 0.15) is 22.8 Å². The third-order valence-electron chi connectivity index (χ3n) is 1.70. The van der Waals surface area contributed by atoms with E-state index in [9.17, 15) is 9.18 Å². The minimum Gasteiger partial charge on any atom is -0.298 e. The first-order chi connectivity index (χ1) is 5.70. The standard InChI is InChI=1S/C9H8ClFO/c1-2-6-3-4-7(5-12)9(11)8(6)10/h3-5H,2H2,1H3. The zero-order chi connectivity index (χ0) is 9.14. The van der Waals surface area contributed by atoms with Crippen molar-refractivity contribution in [2.45, 2.75) is 13.3 Å². The summed E-state index contributed by atoms with van der Waals surface area (Å²) in [5.41, 5.74) is 0.733. The van der Waals surface area contributed by atoms with Crippen LogP contribution in [0.25, 0.3) is 0 Å². The van der Waals surface area contributed by atoms with E-state index in [-0.39, 0.29) is 10.6 Å². The van der Waals surface area contributed by atoms with Crippen LogP contribution in [0.4, 0.5) is 4.39 Å². The Morgan fingerprint density at radius 2 is 2.25 bits per heavy atom. The van der Waals surface area contributed by atoms with Gasteiger partial charge >= 0.3 is 0 Å². The molecule has 0 saturated carbocycles. The van der Waals surface area contributed by atoms with E-state index in [2.05, 4.69) is 0 Å². The smallest absolute Gasteiger partial charge is 0.153 e. The van der Waals surface area contributed by atoms with Gasteiger partial charge in [-0.05, 0) is 18.1 Å². The molecule has 0 fully saturated rings. The summed E-state index contributed by atoms with van der Waals surface area (Å²) in [4.78, 5) is 10.3. The molecule has 64 valence electrons. The van der Waals surface area contributed by atoms with Gasteiger partial charge in [0.2, 0.25) is 0 Å². The van der Waals surface area contributed by atoms with E-state index in [1.807, 2.05) is 6.92 Å². The molecule has 0 aromatic heterocycles. The monoisotopic (exact) mass is 186 g/mol. The lowest BCUT2D eigenvalue weighted by atomic mass is 10.1. The second kappa shape index (κ2) is 3.68. The van der Waals surface area contributed by atoms with Gasteiger partial charge in [-0.3, -0.25) is 4.79 Å². The predicted molar refractivity (Wildman–Crippen MR) is 46.2 cm³/mol. The van der Waals surface area contributed by atoms with E-state index in [4.69, 9.17) is 11.6 Å². The molecule has 1 aromatic carbocycles. The zero-order valence-electron chi connectivity index (χ0n) is 6.60. The Morgan fingerprint density at radius 3 is 2.75 bits per heavy atom. The Balaban J connectivity index is 3.29. The van der Waals surface area contributed by atoms with Crippen molar-refractivity contribution >= 4 is 17.9 Å². The van der Waals surface area contributed by atoms with Crippen LogP contribution < -0.4 is 0 Å². The molecule has 0 atom stereocenters. The first-order valence-corrected chi connectivity index (χ1v) is 4.00. The van der Waals surface area contributed by atoms with Gasteiger partial charge in [0.15, 0.2) is 12.1 Å². The Kier molecular flexibility index (Phi) is 2.82. The van der Waals surface area contributed by atoms with Gasteiger partial charge in [-0.2, -0.15) is 0 Å². The van der Waals surface area contributed by atoms with Crippen LogP contribution >= 0.6 is 11.6 Å². The van der Waals surface area contributed by atoms with Gasteiger partial charge in [-0.15, -0.1) is 0 Å². The highest BCUT2D eigenvalue weighted by Crippen LogP contribution is 2.22.